The first-order chi connectivity index (χ1) is 27.3. The van der Waals surface area contributed by atoms with E-state index in [1.165, 1.54) is 64.2 Å². The molecule has 0 radical (unpaired) electrons. The van der Waals surface area contributed by atoms with Crippen molar-refractivity contribution in [2.75, 3.05) is 0 Å². The minimum atomic E-state index is 0.314. The molecule has 0 spiro atoms. The number of hydrogen-bond acceptors (Lipinski definition) is 5. The molecule has 0 amide bonds. The Morgan fingerprint density at radius 3 is 1.75 bits per heavy atom. The summed E-state index contributed by atoms with van der Waals surface area (Å²) in [6.45, 7) is 11.0. The molecule has 0 bridgehead atoms. The standard InChI is InChI=1S/C51H61N5/c1-50(2)37-22-14-23-38-44(37)56-45-39(50)24-15-25-41(45)55-40-27-26-33(49-53-47(31-18-10-6-11-19-31)52-48(54-49)32-20-12-7-13-21-32)28-35(40)36-29-34(30-16-8-5-9-17-30)42(51(38,3)4)46(56)43(36)55/h5-13,16-21,33-46H,14-15,22-29H2,1-4H3. The lowest BCUT2D eigenvalue weighted by Gasteiger charge is -2.77. The minimum Gasteiger partial charge on any atom is -0.291 e. The third kappa shape index (κ3) is 4.76. The molecule has 3 aromatic carbocycles. The summed E-state index contributed by atoms with van der Waals surface area (Å²) in [6.07, 6.45) is 13.6. The number of piperidine rings is 2. The smallest absolute Gasteiger partial charge is 0.163 e. The Morgan fingerprint density at radius 2 is 1.09 bits per heavy atom. The van der Waals surface area contributed by atoms with E-state index < -0.39 is 0 Å². The van der Waals surface area contributed by atoms with Gasteiger partial charge in [0, 0.05) is 53.3 Å². The number of hydrogen-bond donors (Lipinski definition) is 0. The van der Waals surface area contributed by atoms with Gasteiger partial charge in [-0.3, -0.25) is 9.80 Å². The van der Waals surface area contributed by atoms with Gasteiger partial charge >= 0.3 is 0 Å². The highest BCUT2D eigenvalue weighted by molar-refractivity contribution is 5.61. The predicted octanol–water partition coefficient (Wildman–Crippen LogP) is 10.6. The number of benzene rings is 3. The van der Waals surface area contributed by atoms with Crippen LogP contribution in [0, 0.1) is 46.3 Å². The summed E-state index contributed by atoms with van der Waals surface area (Å²) in [6, 6.07) is 37.4. The molecule has 12 rings (SSSR count). The molecule has 4 aromatic rings. The molecule has 4 aliphatic carbocycles. The topological polar surface area (TPSA) is 45.2 Å². The number of aromatic nitrogens is 3. The van der Waals surface area contributed by atoms with Gasteiger partial charge in [-0.1, -0.05) is 132 Å². The molecule has 5 nitrogen and oxygen atoms in total. The zero-order chi connectivity index (χ0) is 37.5. The second kappa shape index (κ2) is 12.5. The molecule has 4 saturated carbocycles. The van der Waals surface area contributed by atoms with E-state index in [1.807, 2.05) is 0 Å². The van der Waals surface area contributed by atoms with Gasteiger partial charge < -0.3 is 0 Å². The quantitative estimate of drug-likeness (QED) is 0.208. The zero-order valence-electron chi connectivity index (χ0n) is 34.1. The maximum Gasteiger partial charge on any atom is 0.163 e. The lowest BCUT2D eigenvalue weighted by Crippen LogP contribution is -2.84. The van der Waals surface area contributed by atoms with Crippen LogP contribution in [0.15, 0.2) is 91.0 Å². The van der Waals surface area contributed by atoms with Crippen LogP contribution >= 0.6 is 0 Å². The summed E-state index contributed by atoms with van der Waals surface area (Å²) in [7, 11) is 0. The Hall–Kier alpha value is -3.41. The second-order valence-corrected chi connectivity index (χ2v) is 21.0. The highest BCUT2D eigenvalue weighted by Gasteiger charge is 2.75. The number of fused-ring (bicyclic) bond motifs is 4. The lowest BCUT2D eigenvalue weighted by atomic mass is 9.42. The van der Waals surface area contributed by atoms with Crippen molar-refractivity contribution < 1.29 is 0 Å². The van der Waals surface area contributed by atoms with Crippen LogP contribution in [0.2, 0.25) is 0 Å². The summed E-state index contributed by atoms with van der Waals surface area (Å²) in [5.74, 6) is 8.16. The molecule has 5 heterocycles. The van der Waals surface area contributed by atoms with Gasteiger partial charge in [0.15, 0.2) is 11.6 Å². The minimum absolute atomic E-state index is 0.314. The Kier molecular flexibility index (Phi) is 7.75. The molecule has 1 aromatic heterocycles. The molecular weight excluding hydrogens is 683 g/mol. The van der Waals surface area contributed by atoms with Crippen molar-refractivity contribution in [1.82, 2.24) is 24.8 Å². The van der Waals surface area contributed by atoms with Gasteiger partial charge in [-0.2, -0.15) is 0 Å². The molecule has 14 unspecified atom stereocenters. The van der Waals surface area contributed by atoms with Crippen molar-refractivity contribution in [1.29, 1.82) is 0 Å². The number of rotatable bonds is 4. The fourth-order valence-electron chi connectivity index (χ4n) is 16.5. The SMILES string of the molecule is CC1(C)C2CCCC3C2N2C4C1CCCC4C(C)(C)C1C(c4ccccc4)CC4C5CC(c6nc(-c7ccccc7)nc(-c7ccccc7)n6)CCC5N3C4C12. The predicted molar refractivity (Wildman–Crippen MR) is 224 cm³/mol. The molecule has 0 N–H and O–H groups in total. The van der Waals surface area contributed by atoms with E-state index in [9.17, 15) is 0 Å². The highest BCUT2D eigenvalue weighted by atomic mass is 15.4. The van der Waals surface area contributed by atoms with E-state index in [0.29, 0.717) is 64.6 Å². The molecule has 4 aliphatic heterocycles. The van der Waals surface area contributed by atoms with Crippen LogP contribution in [0.25, 0.3) is 22.8 Å². The van der Waals surface area contributed by atoms with Crippen molar-refractivity contribution in [3.63, 3.8) is 0 Å². The van der Waals surface area contributed by atoms with Crippen molar-refractivity contribution >= 4 is 0 Å². The van der Waals surface area contributed by atoms with E-state index in [-0.39, 0.29) is 0 Å². The first-order valence-electron chi connectivity index (χ1n) is 22.8. The summed E-state index contributed by atoms with van der Waals surface area (Å²) in [5.41, 5.74) is 4.50. The molecule has 8 fully saturated rings. The average Bonchev–Trinajstić information content (AvgIpc) is 3.57. The van der Waals surface area contributed by atoms with Crippen molar-refractivity contribution in [3.05, 3.63) is 102 Å². The summed E-state index contributed by atoms with van der Waals surface area (Å²) in [5, 5.41) is 0. The van der Waals surface area contributed by atoms with Gasteiger partial charge in [0.1, 0.15) is 5.82 Å². The van der Waals surface area contributed by atoms with Crippen molar-refractivity contribution in [2.24, 2.45) is 46.3 Å². The first-order valence-corrected chi connectivity index (χ1v) is 22.8. The highest BCUT2D eigenvalue weighted by Crippen LogP contribution is 2.71. The maximum absolute atomic E-state index is 5.36. The Morgan fingerprint density at radius 1 is 0.500 bits per heavy atom. The summed E-state index contributed by atoms with van der Waals surface area (Å²) >= 11 is 0. The van der Waals surface area contributed by atoms with Gasteiger partial charge in [0.2, 0.25) is 0 Å². The summed E-state index contributed by atoms with van der Waals surface area (Å²) < 4.78 is 0. The Bertz CT molecular complexity index is 2040. The lowest BCUT2D eigenvalue weighted by molar-refractivity contribution is -0.277. The fourth-order valence-corrected chi connectivity index (χ4v) is 16.5. The third-order valence-corrected chi connectivity index (χ3v) is 18.4. The van der Waals surface area contributed by atoms with Crippen LogP contribution < -0.4 is 0 Å². The van der Waals surface area contributed by atoms with E-state index in [2.05, 4.69) is 128 Å². The Labute approximate surface area is 335 Å². The molecule has 14 atom stereocenters. The summed E-state index contributed by atoms with van der Waals surface area (Å²) in [4.78, 5) is 22.6. The first kappa shape index (κ1) is 34.6. The van der Waals surface area contributed by atoms with E-state index >= 15 is 0 Å². The second-order valence-electron chi connectivity index (χ2n) is 21.0. The molecule has 4 saturated heterocycles. The van der Waals surface area contributed by atoms with E-state index in [1.54, 1.807) is 5.56 Å². The molecule has 8 aliphatic rings. The van der Waals surface area contributed by atoms with Crippen LogP contribution in [0.3, 0.4) is 0 Å². The molecule has 5 heteroatoms. The van der Waals surface area contributed by atoms with Crippen molar-refractivity contribution in [3.8, 4) is 22.8 Å². The molecular formula is C51H61N5. The molecule has 290 valence electrons. The van der Waals surface area contributed by atoms with Gasteiger partial charge in [-0.25, -0.2) is 15.0 Å². The normalized spacial score (nSPS) is 41.4. The monoisotopic (exact) mass is 743 g/mol. The largest absolute Gasteiger partial charge is 0.291 e. The van der Waals surface area contributed by atoms with Crippen LogP contribution in [0.5, 0.6) is 0 Å². The third-order valence-electron chi connectivity index (χ3n) is 18.4. The van der Waals surface area contributed by atoms with Gasteiger partial charge in [0.05, 0.1) is 0 Å². The van der Waals surface area contributed by atoms with Gasteiger partial charge in [-0.05, 0) is 109 Å². The number of nitrogens with zero attached hydrogens (tertiary/aromatic N) is 5. The van der Waals surface area contributed by atoms with E-state index in [0.717, 1.165) is 58.4 Å². The van der Waals surface area contributed by atoms with Gasteiger partial charge in [-0.15, -0.1) is 0 Å². The van der Waals surface area contributed by atoms with E-state index in [4.69, 9.17) is 15.0 Å². The van der Waals surface area contributed by atoms with Crippen LogP contribution in [-0.2, 0) is 0 Å². The van der Waals surface area contributed by atoms with Gasteiger partial charge in [0.25, 0.3) is 0 Å². The van der Waals surface area contributed by atoms with Crippen LogP contribution in [0.4, 0.5) is 0 Å². The molecule has 56 heavy (non-hydrogen) atoms. The van der Waals surface area contributed by atoms with Crippen molar-refractivity contribution in [2.45, 2.75) is 140 Å². The number of piperazine rings is 1. The fraction of sp³-hybridized carbons (Fsp3) is 0.588. The Balaban J connectivity index is 0.992. The van der Waals surface area contributed by atoms with Crippen LogP contribution in [0.1, 0.15) is 115 Å². The average molecular weight is 744 g/mol. The van der Waals surface area contributed by atoms with Crippen LogP contribution in [-0.4, -0.2) is 61.0 Å². The zero-order valence-corrected chi connectivity index (χ0v) is 34.1. The maximum atomic E-state index is 5.36.